The molecule has 1 aliphatic heterocycles. The van der Waals surface area contributed by atoms with Crippen molar-refractivity contribution in [2.75, 3.05) is 5.32 Å². The molecule has 0 saturated heterocycles. The second kappa shape index (κ2) is 4.42. The summed E-state index contributed by atoms with van der Waals surface area (Å²) >= 11 is 1.53. The first-order valence-electron chi connectivity index (χ1n) is 6.35. The predicted octanol–water partition coefficient (Wildman–Crippen LogP) is 4.22. The number of nitrogens with one attached hydrogen (secondary N) is 1. The summed E-state index contributed by atoms with van der Waals surface area (Å²) < 4.78 is 5.36. The van der Waals surface area contributed by atoms with E-state index in [1.807, 2.05) is 30.3 Å². The quantitative estimate of drug-likeness (QED) is 0.726. The first-order valence-corrected chi connectivity index (χ1v) is 7.23. The van der Waals surface area contributed by atoms with Gasteiger partial charge >= 0.3 is 0 Å². The van der Waals surface area contributed by atoms with Gasteiger partial charge < -0.3 is 9.73 Å². The number of fused-ring (bicyclic) bond motifs is 3. The van der Waals surface area contributed by atoms with Gasteiger partial charge in [-0.3, -0.25) is 4.79 Å². The average Bonchev–Trinajstić information content (AvgIpc) is 3.00. The summed E-state index contributed by atoms with van der Waals surface area (Å²) in [5.41, 5.74) is 0.904. The number of furan rings is 1. The smallest absolute Gasteiger partial charge is 0.245 e. The fraction of sp³-hybridized carbons (Fsp3) is 0.0625. The number of rotatable bonds is 1. The van der Waals surface area contributed by atoms with Crippen molar-refractivity contribution < 1.29 is 9.21 Å². The molecule has 0 aliphatic carbocycles. The summed E-state index contributed by atoms with van der Waals surface area (Å²) in [5.74, 6) is 0.653. The zero-order chi connectivity index (χ0) is 13.5. The number of carbonyl (C=O) groups is 1. The van der Waals surface area contributed by atoms with Gasteiger partial charge in [-0.05, 0) is 23.6 Å². The van der Waals surface area contributed by atoms with Gasteiger partial charge in [0.25, 0.3) is 0 Å². The van der Waals surface area contributed by atoms with Crippen molar-refractivity contribution in [3.05, 3.63) is 60.6 Å². The average molecular weight is 281 g/mol. The van der Waals surface area contributed by atoms with Crippen LogP contribution in [0.3, 0.4) is 0 Å². The van der Waals surface area contributed by atoms with Crippen LogP contribution < -0.4 is 5.32 Å². The van der Waals surface area contributed by atoms with Crippen molar-refractivity contribution in [1.82, 2.24) is 0 Å². The van der Waals surface area contributed by atoms with Crippen LogP contribution in [0.25, 0.3) is 10.8 Å². The fourth-order valence-corrected chi connectivity index (χ4v) is 3.57. The zero-order valence-electron chi connectivity index (χ0n) is 10.5. The Morgan fingerprint density at radius 2 is 1.95 bits per heavy atom. The second-order valence-corrected chi connectivity index (χ2v) is 5.81. The van der Waals surface area contributed by atoms with Crippen LogP contribution in [0.15, 0.2) is 64.1 Å². The van der Waals surface area contributed by atoms with Gasteiger partial charge in [0.05, 0.1) is 12.0 Å². The van der Waals surface area contributed by atoms with E-state index in [9.17, 15) is 4.79 Å². The number of carbonyl (C=O) groups excluding carboxylic acids is 1. The summed E-state index contributed by atoms with van der Waals surface area (Å²) in [6, 6.07) is 15.8. The molecule has 1 atom stereocenters. The lowest BCUT2D eigenvalue weighted by atomic mass is 10.1. The number of thioether (sulfide) groups is 1. The van der Waals surface area contributed by atoms with E-state index in [-0.39, 0.29) is 11.2 Å². The summed E-state index contributed by atoms with van der Waals surface area (Å²) in [6.07, 6.45) is 1.60. The minimum atomic E-state index is -0.321. The highest BCUT2D eigenvalue weighted by Gasteiger charge is 2.31. The molecular weight excluding hydrogens is 270 g/mol. The minimum Gasteiger partial charge on any atom is -0.468 e. The lowest BCUT2D eigenvalue weighted by molar-refractivity contribution is -0.116. The standard InChI is InChI=1S/C16H11NO2S/c18-16-15(12-6-3-9-19-12)20-13-8-7-10-4-1-2-5-11(10)14(13)17-16/h1-9,15H,(H,17,18). The van der Waals surface area contributed by atoms with Gasteiger partial charge in [0.15, 0.2) is 0 Å². The molecule has 0 radical (unpaired) electrons. The molecule has 0 spiro atoms. The third-order valence-corrected chi connectivity index (χ3v) is 4.70. The number of amides is 1. The first-order chi connectivity index (χ1) is 9.83. The van der Waals surface area contributed by atoms with Gasteiger partial charge in [0, 0.05) is 10.3 Å². The number of hydrogen-bond acceptors (Lipinski definition) is 3. The molecule has 0 saturated carbocycles. The number of hydrogen-bond donors (Lipinski definition) is 1. The van der Waals surface area contributed by atoms with Crippen LogP contribution in [0.5, 0.6) is 0 Å². The molecule has 1 amide bonds. The van der Waals surface area contributed by atoms with Crippen molar-refractivity contribution in [3.8, 4) is 0 Å². The lowest BCUT2D eigenvalue weighted by Crippen LogP contribution is -2.22. The van der Waals surface area contributed by atoms with Gasteiger partial charge in [0.1, 0.15) is 11.0 Å². The van der Waals surface area contributed by atoms with Gasteiger partial charge in [-0.1, -0.05) is 30.3 Å². The van der Waals surface area contributed by atoms with Crippen LogP contribution in [0.1, 0.15) is 11.0 Å². The molecule has 20 heavy (non-hydrogen) atoms. The number of benzene rings is 2. The highest BCUT2D eigenvalue weighted by atomic mass is 32.2. The highest BCUT2D eigenvalue weighted by Crippen LogP contribution is 2.46. The largest absolute Gasteiger partial charge is 0.468 e. The molecule has 3 aromatic rings. The Morgan fingerprint density at radius 1 is 1.05 bits per heavy atom. The van der Waals surface area contributed by atoms with E-state index < -0.39 is 0 Å². The molecule has 2 heterocycles. The van der Waals surface area contributed by atoms with E-state index >= 15 is 0 Å². The Balaban J connectivity index is 1.84. The van der Waals surface area contributed by atoms with Crippen LogP contribution in [0, 0.1) is 0 Å². The summed E-state index contributed by atoms with van der Waals surface area (Å²) in [4.78, 5) is 13.4. The monoisotopic (exact) mass is 281 g/mol. The maximum Gasteiger partial charge on any atom is 0.245 e. The Hall–Kier alpha value is -2.20. The molecule has 4 heteroatoms. The topological polar surface area (TPSA) is 42.2 Å². The molecule has 1 aromatic heterocycles. The van der Waals surface area contributed by atoms with Crippen molar-refractivity contribution in [1.29, 1.82) is 0 Å². The first kappa shape index (κ1) is 11.6. The molecular formula is C16H11NO2S. The third-order valence-electron chi connectivity index (χ3n) is 3.42. The lowest BCUT2D eigenvalue weighted by Gasteiger charge is -2.24. The van der Waals surface area contributed by atoms with E-state index in [1.54, 1.807) is 12.3 Å². The highest BCUT2D eigenvalue weighted by molar-refractivity contribution is 8.00. The predicted molar refractivity (Wildman–Crippen MR) is 79.9 cm³/mol. The van der Waals surface area contributed by atoms with Crippen molar-refractivity contribution in [2.24, 2.45) is 0 Å². The van der Waals surface area contributed by atoms with Gasteiger partial charge in [-0.15, -0.1) is 11.8 Å². The molecule has 3 nitrogen and oxygen atoms in total. The molecule has 2 aromatic carbocycles. The van der Waals surface area contributed by atoms with E-state index in [2.05, 4.69) is 17.4 Å². The SMILES string of the molecule is O=C1Nc2c(ccc3ccccc23)SC1c1ccco1. The molecule has 1 aliphatic rings. The molecule has 1 N–H and O–H groups in total. The van der Waals surface area contributed by atoms with E-state index in [1.165, 1.54) is 11.8 Å². The van der Waals surface area contributed by atoms with Crippen LogP contribution >= 0.6 is 11.8 Å². The molecule has 0 fully saturated rings. The number of anilines is 1. The van der Waals surface area contributed by atoms with Crippen LogP contribution in [0.4, 0.5) is 5.69 Å². The van der Waals surface area contributed by atoms with Crippen LogP contribution in [0.2, 0.25) is 0 Å². The third kappa shape index (κ3) is 1.72. The Kier molecular flexibility index (Phi) is 2.57. The minimum absolute atomic E-state index is 0.0335. The summed E-state index contributed by atoms with van der Waals surface area (Å²) in [5, 5.41) is 4.90. The van der Waals surface area contributed by atoms with Crippen molar-refractivity contribution >= 4 is 34.1 Å². The van der Waals surface area contributed by atoms with Crippen molar-refractivity contribution in [2.45, 2.75) is 10.1 Å². The van der Waals surface area contributed by atoms with E-state index in [0.29, 0.717) is 5.76 Å². The Bertz CT molecular complexity index is 795. The van der Waals surface area contributed by atoms with Gasteiger partial charge in [-0.2, -0.15) is 0 Å². The zero-order valence-corrected chi connectivity index (χ0v) is 11.3. The second-order valence-electron chi connectivity index (χ2n) is 4.66. The molecule has 1 unspecified atom stereocenters. The molecule has 4 rings (SSSR count). The molecule has 98 valence electrons. The summed E-state index contributed by atoms with van der Waals surface area (Å²) in [6.45, 7) is 0. The van der Waals surface area contributed by atoms with Crippen LogP contribution in [-0.4, -0.2) is 5.91 Å². The molecule has 0 bridgehead atoms. The van der Waals surface area contributed by atoms with E-state index in [0.717, 1.165) is 21.4 Å². The van der Waals surface area contributed by atoms with Crippen LogP contribution in [-0.2, 0) is 4.79 Å². The fourth-order valence-electron chi connectivity index (χ4n) is 2.48. The normalized spacial score (nSPS) is 17.8. The maximum atomic E-state index is 12.3. The van der Waals surface area contributed by atoms with Gasteiger partial charge in [-0.25, -0.2) is 0 Å². The summed E-state index contributed by atoms with van der Waals surface area (Å²) in [7, 11) is 0. The van der Waals surface area contributed by atoms with Crippen molar-refractivity contribution in [3.63, 3.8) is 0 Å². The van der Waals surface area contributed by atoms with Gasteiger partial charge in [0.2, 0.25) is 5.91 Å². The van der Waals surface area contributed by atoms with E-state index in [4.69, 9.17) is 4.42 Å². The maximum absolute atomic E-state index is 12.3. The Morgan fingerprint density at radius 3 is 2.80 bits per heavy atom. The Labute approximate surface area is 120 Å².